The average molecular weight is 328 g/mol. The number of rotatable bonds is 7. The Morgan fingerprint density at radius 3 is 2.50 bits per heavy atom. The van der Waals surface area contributed by atoms with E-state index < -0.39 is 24.6 Å². The number of hydrazone groups is 1. The average Bonchev–Trinajstić information content (AvgIpc) is 2.60. The van der Waals surface area contributed by atoms with Gasteiger partial charge >= 0.3 is 5.97 Å². The quantitative estimate of drug-likeness (QED) is 0.525. The molecule has 0 aromatic heterocycles. The number of hydrogen-bond acceptors (Lipinski definition) is 5. The number of para-hydroxylation sites is 1. The van der Waals surface area contributed by atoms with Crippen LogP contribution in [-0.4, -0.2) is 34.9 Å². The van der Waals surface area contributed by atoms with Gasteiger partial charge in [-0.25, -0.2) is 10.2 Å². The number of carbonyl (C=O) groups excluding carboxylic acids is 1. The first kappa shape index (κ1) is 17.2. The summed E-state index contributed by atoms with van der Waals surface area (Å²) in [4.78, 5) is 22.4. The maximum absolute atomic E-state index is 11.8. The molecule has 24 heavy (non-hydrogen) atoms. The Morgan fingerprint density at radius 2 is 1.79 bits per heavy atom. The number of aliphatic hydroxyl groups is 1. The maximum Gasteiger partial charge on any atom is 0.341 e. The molecule has 0 saturated carbocycles. The smallest absolute Gasteiger partial charge is 0.341 e. The largest absolute Gasteiger partial charge is 0.481 e. The Kier molecular flexibility index (Phi) is 6.04. The van der Waals surface area contributed by atoms with Gasteiger partial charge in [0.2, 0.25) is 0 Å². The van der Waals surface area contributed by atoms with Crippen LogP contribution in [0, 0.1) is 0 Å². The number of hydrogen-bond donors (Lipinski definition) is 3. The molecule has 0 heterocycles. The van der Waals surface area contributed by atoms with Crippen molar-refractivity contribution >= 4 is 18.1 Å². The van der Waals surface area contributed by atoms with Crippen LogP contribution in [0.3, 0.4) is 0 Å². The van der Waals surface area contributed by atoms with Crippen LogP contribution in [0.25, 0.3) is 0 Å². The number of amides is 1. The van der Waals surface area contributed by atoms with Crippen molar-refractivity contribution < 1.29 is 24.5 Å². The molecule has 7 nitrogen and oxygen atoms in total. The molecule has 0 saturated heterocycles. The highest BCUT2D eigenvalue weighted by Gasteiger charge is 2.16. The van der Waals surface area contributed by atoms with Crippen LogP contribution < -0.4 is 10.2 Å². The van der Waals surface area contributed by atoms with Gasteiger partial charge in [0.05, 0.1) is 6.21 Å². The third-order valence-electron chi connectivity index (χ3n) is 3.01. The van der Waals surface area contributed by atoms with Crippen LogP contribution in [0.15, 0.2) is 59.7 Å². The fourth-order valence-electron chi connectivity index (χ4n) is 1.87. The summed E-state index contributed by atoms with van der Waals surface area (Å²) < 4.78 is 5.12. The van der Waals surface area contributed by atoms with Crippen LogP contribution in [0.5, 0.6) is 5.75 Å². The lowest BCUT2D eigenvalue weighted by atomic mass is 10.1. The third-order valence-corrected chi connectivity index (χ3v) is 3.01. The Labute approximate surface area is 138 Å². The van der Waals surface area contributed by atoms with Gasteiger partial charge in [0, 0.05) is 5.56 Å². The highest BCUT2D eigenvalue weighted by molar-refractivity contribution is 5.86. The zero-order valence-corrected chi connectivity index (χ0v) is 12.6. The van der Waals surface area contributed by atoms with Crippen molar-refractivity contribution in [1.29, 1.82) is 0 Å². The number of nitrogens with one attached hydrogen (secondary N) is 1. The van der Waals surface area contributed by atoms with Crippen molar-refractivity contribution in [2.45, 2.75) is 6.10 Å². The van der Waals surface area contributed by atoms with Crippen molar-refractivity contribution in [2.75, 3.05) is 6.61 Å². The zero-order chi connectivity index (χ0) is 17.4. The molecule has 0 spiro atoms. The van der Waals surface area contributed by atoms with E-state index in [1.54, 1.807) is 54.6 Å². The molecule has 2 aromatic rings. The predicted octanol–water partition coefficient (Wildman–Crippen LogP) is 1.33. The number of carboxylic acid groups (broad SMARTS) is 1. The molecular formula is C17H16N2O5. The molecule has 7 heteroatoms. The second kappa shape index (κ2) is 8.44. The van der Waals surface area contributed by atoms with Gasteiger partial charge in [-0.2, -0.15) is 5.10 Å². The molecule has 3 N–H and O–H groups in total. The number of aliphatic carboxylic acids is 1. The van der Waals surface area contributed by atoms with Crippen molar-refractivity contribution in [1.82, 2.24) is 5.43 Å². The van der Waals surface area contributed by atoms with Crippen molar-refractivity contribution in [2.24, 2.45) is 5.10 Å². The Morgan fingerprint density at radius 1 is 1.12 bits per heavy atom. The number of benzene rings is 2. The van der Waals surface area contributed by atoms with E-state index in [0.29, 0.717) is 16.9 Å². The first-order chi connectivity index (χ1) is 11.6. The van der Waals surface area contributed by atoms with Gasteiger partial charge in [0.15, 0.2) is 12.7 Å². The molecule has 1 atom stereocenters. The van der Waals surface area contributed by atoms with Crippen LogP contribution in [0.2, 0.25) is 0 Å². The predicted molar refractivity (Wildman–Crippen MR) is 86.7 cm³/mol. The lowest BCUT2D eigenvalue weighted by molar-refractivity contribution is -0.139. The summed E-state index contributed by atoms with van der Waals surface area (Å²) in [6.45, 7) is -0.482. The first-order valence-electron chi connectivity index (χ1n) is 7.07. The molecule has 0 fully saturated rings. The van der Waals surface area contributed by atoms with E-state index in [2.05, 4.69) is 10.5 Å². The molecular weight excluding hydrogens is 312 g/mol. The van der Waals surface area contributed by atoms with Gasteiger partial charge in [0.1, 0.15) is 5.75 Å². The fourth-order valence-corrected chi connectivity index (χ4v) is 1.87. The van der Waals surface area contributed by atoms with Gasteiger partial charge in [-0.15, -0.1) is 0 Å². The number of nitrogens with zero attached hydrogens (tertiary/aromatic N) is 1. The maximum atomic E-state index is 11.8. The van der Waals surface area contributed by atoms with Gasteiger partial charge in [-0.1, -0.05) is 42.5 Å². The monoisotopic (exact) mass is 328 g/mol. The van der Waals surface area contributed by atoms with E-state index in [4.69, 9.17) is 9.84 Å². The highest BCUT2D eigenvalue weighted by atomic mass is 16.5. The summed E-state index contributed by atoms with van der Waals surface area (Å²) >= 11 is 0. The van der Waals surface area contributed by atoms with Crippen molar-refractivity contribution in [3.05, 3.63) is 65.7 Å². The van der Waals surface area contributed by atoms with E-state index in [-0.39, 0.29) is 0 Å². The molecule has 1 unspecified atom stereocenters. The van der Waals surface area contributed by atoms with Gasteiger partial charge in [-0.3, -0.25) is 4.79 Å². The van der Waals surface area contributed by atoms with Crippen LogP contribution in [0.1, 0.15) is 17.2 Å². The third kappa shape index (κ3) is 4.92. The molecule has 0 aliphatic carbocycles. The summed E-state index contributed by atoms with van der Waals surface area (Å²) in [6, 6.07) is 15.1. The number of carboxylic acids is 1. The van der Waals surface area contributed by atoms with E-state index in [9.17, 15) is 14.7 Å². The van der Waals surface area contributed by atoms with E-state index >= 15 is 0 Å². The number of carbonyl (C=O) groups is 2. The molecule has 0 aliphatic heterocycles. The van der Waals surface area contributed by atoms with E-state index in [1.165, 1.54) is 6.21 Å². The Hall–Kier alpha value is -3.19. The van der Waals surface area contributed by atoms with Crippen LogP contribution >= 0.6 is 0 Å². The van der Waals surface area contributed by atoms with E-state index in [0.717, 1.165) is 0 Å². The number of ether oxygens (including phenoxy) is 1. The van der Waals surface area contributed by atoms with E-state index in [1.807, 2.05) is 0 Å². The first-order valence-corrected chi connectivity index (χ1v) is 7.07. The standard InChI is InChI=1S/C17H16N2O5/c20-15(21)11-24-14-9-5-4-8-13(14)10-18-19-17(23)16(22)12-6-2-1-3-7-12/h1-10,16,22H,11H2,(H,19,23)(H,20,21)/b18-10+. The van der Waals surface area contributed by atoms with Crippen LogP contribution in [0.4, 0.5) is 0 Å². The Balaban J connectivity index is 1.99. The minimum Gasteiger partial charge on any atom is -0.481 e. The van der Waals surface area contributed by atoms with Gasteiger partial charge in [-0.05, 0) is 17.7 Å². The summed E-state index contributed by atoms with van der Waals surface area (Å²) in [6.07, 6.45) is -0.0193. The molecule has 0 bridgehead atoms. The molecule has 0 aliphatic rings. The topological polar surface area (TPSA) is 108 Å². The minimum absolute atomic E-state index is 0.321. The zero-order valence-electron chi connectivity index (χ0n) is 12.6. The summed E-state index contributed by atoms with van der Waals surface area (Å²) in [5.74, 6) is -1.45. The minimum atomic E-state index is -1.33. The van der Waals surface area contributed by atoms with Gasteiger partial charge < -0.3 is 14.9 Å². The highest BCUT2D eigenvalue weighted by Crippen LogP contribution is 2.16. The molecule has 2 rings (SSSR count). The molecule has 0 radical (unpaired) electrons. The Bertz CT molecular complexity index is 731. The second-order valence-electron chi connectivity index (χ2n) is 4.77. The molecule has 2 aromatic carbocycles. The van der Waals surface area contributed by atoms with Crippen LogP contribution in [-0.2, 0) is 9.59 Å². The summed E-state index contributed by atoms with van der Waals surface area (Å²) in [7, 11) is 0. The molecule has 1 amide bonds. The van der Waals surface area contributed by atoms with Crippen molar-refractivity contribution in [3.63, 3.8) is 0 Å². The van der Waals surface area contributed by atoms with Gasteiger partial charge in [0.25, 0.3) is 5.91 Å². The lowest BCUT2D eigenvalue weighted by Crippen LogP contribution is -2.25. The summed E-state index contributed by atoms with van der Waals surface area (Å²) in [5, 5.41) is 22.3. The van der Waals surface area contributed by atoms with Crippen molar-refractivity contribution in [3.8, 4) is 5.75 Å². The molecule has 124 valence electrons. The fraction of sp³-hybridized carbons (Fsp3) is 0.118. The lowest BCUT2D eigenvalue weighted by Gasteiger charge is -2.09. The SMILES string of the molecule is O=C(O)COc1ccccc1/C=N/NC(=O)C(O)c1ccccc1. The number of aliphatic hydroxyl groups excluding tert-OH is 1. The second-order valence-corrected chi connectivity index (χ2v) is 4.77. The normalized spacial score (nSPS) is 11.9. The summed E-state index contributed by atoms with van der Waals surface area (Å²) in [5.41, 5.74) is 3.18.